The molecule has 0 aromatic carbocycles. The van der Waals surface area contributed by atoms with Crippen molar-refractivity contribution in [2.75, 3.05) is 26.2 Å². The number of carbonyl (C=O) groups is 1. The normalized spacial score (nSPS) is 24.9. The van der Waals surface area contributed by atoms with Crippen LogP contribution in [0.3, 0.4) is 0 Å². The lowest BCUT2D eigenvalue weighted by atomic mass is 9.94. The molecule has 2 saturated heterocycles. The van der Waals surface area contributed by atoms with Crippen molar-refractivity contribution in [1.82, 2.24) is 19.9 Å². The van der Waals surface area contributed by atoms with Crippen LogP contribution in [-0.4, -0.2) is 52.0 Å². The molecule has 2 aliphatic heterocycles. The summed E-state index contributed by atoms with van der Waals surface area (Å²) in [5.41, 5.74) is 0. The van der Waals surface area contributed by atoms with Crippen LogP contribution in [0.5, 0.6) is 0 Å². The zero-order valence-corrected chi connectivity index (χ0v) is 15.5. The maximum Gasteiger partial charge on any atom is 0.244 e. The van der Waals surface area contributed by atoms with E-state index in [0.717, 1.165) is 56.5 Å². The molecule has 1 unspecified atom stereocenters. The summed E-state index contributed by atoms with van der Waals surface area (Å²) in [7, 11) is 0. The lowest BCUT2D eigenvalue weighted by Gasteiger charge is -2.39. The Labute approximate surface area is 149 Å². The van der Waals surface area contributed by atoms with E-state index in [2.05, 4.69) is 23.9 Å². The predicted octanol–water partition coefficient (Wildman–Crippen LogP) is 2.98. The fourth-order valence-electron chi connectivity index (χ4n) is 4.22. The number of amides is 1. The van der Waals surface area contributed by atoms with Crippen LogP contribution in [0.4, 0.5) is 0 Å². The molecule has 0 N–H and O–H groups in total. The summed E-state index contributed by atoms with van der Waals surface area (Å²) in [5.74, 6) is 3.17. The van der Waals surface area contributed by atoms with E-state index in [0.29, 0.717) is 6.04 Å². The number of carbonyl (C=O) groups excluding carboxylic acids is 1. The maximum atomic E-state index is 12.4. The van der Waals surface area contributed by atoms with Crippen LogP contribution >= 0.6 is 0 Å². The molecule has 3 aliphatic rings. The minimum absolute atomic E-state index is 0.163. The third-order valence-electron chi connectivity index (χ3n) is 6.19. The molecule has 6 heteroatoms. The zero-order chi connectivity index (χ0) is 17.4. The molecule has 1 aromatic rings. The van der Waals surface area contributed by atoms with Gasteiger partial charge in [-0.15, -0.1) is 0 Å². The van der Waals surface area contributed by atoms with Crippen molar-refractivity contribution in [2.45, 2.75) is 64.3 Å². The SMILES string of the molecule is CCC(CC)C(=O)N1CC(c2noc(C3CCCN3CC3CC3)n2)C1. The summed E-state index contributed by atoms with van der Waals surface area (Å²) < 4.78 is 5.62. The van der Waals surface area contributed by atoms with E-state index in [1.54, 1.807) is 0 Å². The lowest BCUT2D eigenvalue weighted by Crippen LogP contribution is -2.50. The van der Waals surface area contributed by atoms with Crippen LogP contribution in [-0.2, 0) is 4.79 Å². The predicted molar refractivity (Wildman–Crippen MR) is 94.0 cm³/mol. The fraction of sp³-hybridized carbons (Fsp3) is 0.842. The van der Waals surface area contributed by atoms with Gasteiger partial charge in [-0.25, -0.2) is 0 Å². The molecule has 0 radical (unpaired) electrons. The Hall–Kier alpha value is -1.43. The minimum atomic E-state index is 0.163. The molecule has 3 fully saturated rings. The monoisotopic (exact) mass is 346 g/mol. The van der Waals surface area contributed by atoms with E-state index in [1.165, 1.54) is 25.8 Å². The molecule has 25 heavy (non-hydrogen) atoms. The maximum absolute atomic E-state index is 12.4. The van der Waals surface area contributed by atoms with Gasteiger partial charge in [-0.3, -0.25) is 9.69 Å². The van der Waals surface area contributed by atoms with Crippen molar-refractivity contribution < 1.29 is 9.32 Å². The first kappa shape index (κ1) is 17.0. The minimum Gasteiger partial charge on any atom is -0.341 e. The van der Waals surface area contributed by atoms with Gasteiger partial charge in [-0.2, -0.15) is 4.98 Å². The first-order valence-corrected chi connectivity index (χ1v) is 10.1. The smallest absolute Gasteiger partial charge is 0.244 e. The van der Waals surface area contributed by atoms with Crippen molar-refractivity contribution in [1.29, 1.82) is 0 Å². The average Bonchev–Trinajstić information content (AvgIpc) is 3.06. The molecule has 0 spiro atoms. The van der Waals surface area contributed by atoms with Crippen LogP contribution in [0.15, 0.2) is 4.52 Å². The molecular formula is C19H30N4O2. The van der Waals surface area contributed by atoms with Crippen molar-refractivity contribution in [2.24, 2.45) is 11.8 Å². The molecule has 1 atom stereocenters. The van der Waals surface area contributed by atoms with E-state index in [4.69, 9.17) is 9.51 Å². The number of aromatic nitrogens is 2. The van der Waals surface area contributed by atoms with Crippen molar-refractivity contribution in [3.05, 3.63) is 11.7 Å². The third kappa shape index (κ3) is 3.46. The summed E-state index contributed by atoms with van der Waals surface area (Å²) >= 11 is 0. The molecule has 1 aliphatic carbocycles. The third-order valence-corrected chi connectivity index (χ3v) is 6.19. The lowest BCUT2D eigenvalue weighted by molar-refractivity contribution is -0.140. The number of rotatable bonds is 7. The van der Waals surface area contributed by atoms with Gasteiger partial charge in [0.15, 0.2) is 5.82 Å². The highest BCUT2D eigenvalue weighted by Crippen LogP contribution is 2.37. The van der Waals surface area contributed by atoms with Gasteiger partial charge in [-0.05, 0) is 51.0 Å². The number of nitrogens with zero attached hydrogens (tertiary/aromatic N) is 4. The van der Waals surface area contributed by atoms with E-state index >= 15 is 0 Å². The van der Waals surface area contributed by atoms with Gasteiger partial charge < -0.3 is 9.42 Å². The van der Waals surface area contributed by atoms with Gasteiger partial charge in [-0.1, -0.05) is 19.0 Å². The number of likely N-dealkylation sites (tertiary alicyclic amines) is 2. The Bertz CT molecular complexity index is 602. The second-order valence-electron chi connectivity index (χ2n) is 8.04. The van der Waals surface area contributed by atoms with Gasteiger partial charge in [0.25, 0.3) is 0 Å². The number of hydrogen-bond acceptors (Lipinski definition) is 5. The molecule has 6 nitrogen and oxygen atoms in total. The summed E-state index contributed by atoms with van der Waals surface area (Å²) in [6.45, 7) is 7.99. The van der Waals surface area contributed by atoms with Crippen LogP contribution in [0.1, 0.15) is 76.0 Å². The molecule has 0 bridgehead atoms. The number of hydrogen-bond donors (Lipinski definition) is 0. The Balaban J connectivity index is 1.34. The molecule has 1 aromatic heterocycles. The molecular weight excluding hydrogens is 316 g/mol. The summed E-state index contributed by atoms with van der Waals surface area (Å²) in [6.07, 6.45) is 6.93. The average molecular weight is 346 g/mol. The highest BCUT2D eigenvalue weighted by Gasteiger charge is 2.39. The second-order valence-corrected chi connectivity index (χ2v) is 8.04. The molecule has 1 saturated carbocycles. The van der Waals surface area contributed by atoms with Gasteiger partial charge in [0, 0.05) is 25.6 Å². The van der Waals surface area contributed by atoms with Crippen molar-refractivity contribution in [3.8, 4) is 0 Å². The molecule has 1 amide bonds. The summed E-state index contributed by atoms with van der Waals surface area (Å²) in [5, 5.41) is 4.24. The van der Waals surface area contributed by atoms with Crippen LogP contribution in [0, 0.1) is 11.8 Å². The molecule has 4 rings (SSSR count). The van der Waals surface area contributed by atoms with Gasteiger partial charge in [0.05, 0.1) is 12.0 Å². The van der Waals surface area contributed by atoms with Crippen LogP contribution in [0.2, 0.25) is 0 Å². The molecule has 138 valence electrons. The van der Waals surface area contributed by atoms with Gasteiger partial charge in [0.1, 0.15) is 0 Å². The Morgan fingerprint density at radius 2 is 2.00 bits per heavy atom. The van der Waals surface area contributed by atoms with Crippen molar-refractivity contribution in [3.63, 3.8) is 0 Å². The summed E-state index contributed by atoms with van der Waals surface area (Å²) in [4.78, 5) is 21.6. The van der Waals surface area contributed by atoms with E-state index in [-0.39, 0.29) is 17.7 Å². The standard InChI is InChI=1S/C19H30N4O2/c1-3-14(4-2)19(24)23-11-15(12-23)17-20-18(25-21-17)16-6-5-9-22(16)10-13-7-8-13/h13-16H,3-12H2,1-2H3. The highest BCUT2D eigenvalue weighted by atomic mass is 16.5. The van der Waals surface area contributed by atoms with Crippen molar-refractivity contribution >= 4 is 5.91 Å². The van der Waals surface area contributed by atoms with E-state index < -0.39 is 0 Å². The second kappa shape index (κ2) is 7.06. The Kier molecular flexibility index (Phi) is 4.80. The van der Waals surface area contributed by atoms with Gasteiger partial charge >= 0.3 is 0 Å². The van der Waals surface area contributed by atoms with E-state index in [9.17, 15) is 4.79 Å². The zero-order valence-electron chi connectivity index (χ0n) is 15.5. The first-order valence-electron chi connectivity index (χ1n) is 10.1. The topological polar surface area (TPSA) is 62.5 Å². The Morgan fingerprint density at radius 3 is 2.68 bits per heavy atom. The van der Waals surface area contributed by atoms with E-state index in [1.807, 2.05) is 4.90 Å². The largest absolute Gasteiger partial charge is 0.341 e. The highest BCUT2D eigenvalue weighted by molar-refractivity contribution is 5.79. The quantitative estimate of drug-likeness (QED) is 0.759. The van der Waals surface area contributed by atoms with Gasteiger partial charge in [0.2, 0.25) is 11.8 Å². The first-order chi connectivity index (χ1) is 12.2. The fourth-order valence-corrected chi connectivity index (χ4v) is 4.22. The Morgan fingerprint density at radius 1 is 1.24 bits per heavy atom. The summed E-state index contributed by atoms with van der Waals surface area (Å²) in [6, 6.07) is 0.309. The van der Waals surface area contributed by atoms with Crippen LogP contribution in [0.25, 0.3) is 0 Å². The van der Waals surface area contributed by atoms with Crippen LogP contribution < -0.4 is 0 Å². The molecule has 3 heterocycles.